The molecule has 0 saturated carbocycles. The van der Waals surface area contributed by atoms with Gasteiger partial charge in [0.05, 0.1) is 5.03 Å². The predicted octanol–water partition coefficient (Wildman–Crippen LogP) is 2.25. The molecule has 3 heterocycles. The molecule has 1 aromatic heterocycles. The number of carbonyl (C=O) groups excluding carboxylic acids is 1. The van der Waals surface area contributed by atoms with Crippen LogP contribution in [0.5, 0.6) is 0 Å². The minimum Gasteiger partial charge on any atom is -0.303 e. The lowest BCUT2D eigenvalue weighted by Crippen LogP contribution is -2.47. The molecule has 0 aliphatic carbocycles. The maximum Gasteiger partial charge on any atom is 0.228 e. The number of pyridine rings is 1. The monoisotopic (exact) mass is 291 g/mol. The number of thioether (sulfide) groups is 1. The van der Waals surface area contributed by atoms with Gasteiger partial charge in [-0.05, 0) is 50.2 Å². The van der Waals surface area contributed by atoms with E-state index in [1.807, 2.05) is 29.4 Å². The molecule has 1 atom stereocenters. The zero-order chi connectivity index (χ0) is 13.9. The Balaban J connectivity index is 1.70. The molecule has 1 amide bonds. The first kappa shape index (κ1) is 13.9. The van der Waals surface area contributed by atoms with Crippen molar-refractivity contribution in [3.05, 3.63) is 18.2 Å². The summed E-state index contributed by atoms with van der Waals surface area (Å²) in [6.45, 7) is 4.40. The number of hydrogen-bond acceptors (Lipinski definition) is 4. The Morgan fingerprint density at radius 1 is 1.40 bits per heavy atom. The fourth-order valence-electron chi connectivity index (χ4n) is 2.88. The smallest absolute Gasteiger partial charge is 0.228 e. The van der Waals surface area contributed by atoms with E-state index >= 15 is 0 Å². The Morgan fingerprint density at radius 2 is 2.25 bits per heavy atom. The number of nitrogens with zero attached hydrogens (tertiary/aromatic N) is 3. The van der Waals surface area contributed by atoms with Crippen molar-refractivity contribution in [3.63, 3.8) is 0 Å². The number of amides is 1. The third kappa shape index (κ3) is 2.99. The summed E-state index contributed by atoms with van der Waals surface area (Å²) in [7, 11) is 0. The summed E-state index contributed by atoms with van der Waals surface area (Å²) in [5.74, 6) is 1.62. The second-order valence-corrected chi connectivity index (χ2v) is 6.43. The van der Waals surface area contributed by atoms with E-state index in [1.165, 1.54) is 19.5 Å². The van der Waals surface area contributed by atoms with Crippen LogP contribution in [-0.2, 0) is 4.79 Å². The van der Waals surface area contributed by atoms with Crippen LogP contribution in [0.1, 0.15) is 19.3 Å². The largest absolute Gasteiger partial charge is 0.303 e. The predicted molar refractivity (Wildman–Crippen MR) is 82.2 cm³/mol. The van der Waals surface area contributed by atoms with Crippen molar-refractivity contribution in [2.24, 2.45) is 5.92 Å². The highest BCUT2D eigenvalue weighted by molar-refractivity contribution is 7.98. The first-order valence-electron chi connectivity index (χ1n) is 7.30. The number of anilines is 1. The van der Waals surface area contributed by atoms with E-state index in [9.17, 15) is 4.79 Å². The zero-order valence-electron chi connectivity index (χ0n) is 11.9. The van der Waals surface area contributed by atoms with Gasteiger partial charge in [0, 0.05) is 19.5 Å². The summed E-state index contributed by atoms with van der Waals surface area (Å²) in [5.41, 5.74) is 0. The van der Waals surface area contributed by atoms with E-state index in [2.05, 4.69) is 9.88 Å². The Morgan fingerprint density at radius 3 is 2.95 bits per heavy atom. The van der Waals surface area contributed by atoms with Gasteiger partial charge in [0.25, 0.3) is 0 Å². The van der Waals surface area contributed by atoms with Crippen LogP contribution in [0.15, 0.2) is 23.2 Å². The molecule has 0 N–H and O–H groups in total. The Kier molecular flexibility index (Phi) is 4.27. The first-order chi connectivity index (χ1) is 9.76. The van der Waals surface area contributed by atoms with E-state index < -0.39 is 0 Å². The van der Waals surface area contributed by atoms with Gasteiger partial charge in [0.2, 0.25) is 5.91 Å². The van der Waals surface area contributed by atoms with Gasteiger partial charge >= 0.3 is 0 Å². The van der Waals surface area contributed by atoms with Gasteiger partial charge in [-0.1, -0.05) is 6.07 Å². The topological polar surface area (TPSA) is 36.4 Å². The molecule has 4 nitrogen and oxygen atoms in total. The zero-order valence-corrected chi connectivity index (χ0v) is 12.7. The average molecular weight is 291 g/mol. The van der Waals surface area contributed by atoms with Crippen molar-refractivity contribution in [3.8, 4) is 0 Å². The fraction of sp³-hybridized carbons (Fsp3) is 0.600. The standard InChI is InChI=1S/C15H21N3OS/c1-20-14-5-2-4-13(16-14)18-11-12(6-7-15(18)19)10-17-8-3-9-17/h2,4-5,12H,3,6-11H2,1H3/t12-/m1/s1. The van der Waals surface area contributed by atoms with Gasteiger partial charge in [-0.3, -0.25) is 9.69 Å². The van der Waals surface area contributed by atoms with Gasteiger partial charge in [0.1, 0.15) is 5.82 Å². The Labute approximate surface area is 124 Å². The molecule has 3 rings (SSSR count). The van der Waals surface area contributed by atoms with Crippen LogP contribution >= 0.6 is 11.8 Å². The van der Waals surface area contributed by atoms with Crippen LogP contribution < -0.4 is 4.90 Å². The molecule has 108 valence electrons. The lowest BCUT2D eigenvalue weighted by molar-refractivity contribution is -0.120. The molecule has 0 aromatic carbocycles. The first-order valence-corrected chi connectivity index (χ1v) is 8.52. The highest BCUT2D eigenvalue weighted by Crippen LogP contribution is 2.26. The fourth-order valence-corrected chi connectivity index (χ4v) is 3.28. The third-order valence-corrected chi connectivity index (χ3v) is 4.81. The number of aromatic nitrogens is 1. The quantitative estimate of drug-likeness (QED) is 0.797. The van der Waals surface area contributed by atoms with Crippen LogP contribution in [0, 0.1) is 5.92 Å². The van der Waals surface area contributed by atoms with Crippen molar-refractivity contribution in [2.45, 2.75) is 24.3 Å². The molecule has 2 saturated heterocycles. The van der Waals surface area contributed by atoms with Crippen molar-refractivity contribution in [1.29, 1.82) is 0 Å². The van der Waals surface area contributed by atoms with Gasteiger partial charge in [-0.2, -0.15) is 0 Å². The molecule has 0 bridgehead atoms. The molecule has 0 unspecified atom stereocenters. The summed E-state index contributed by atoms with van der Waals surface area (Å²) in [6.07, 6.45) is 5.02. The van der Waals surface area contributed by atoms with Crippen molar-refractivity contribution in [2.75, 3.05) is 37.3 Å². The van der Waals surface area contributed by atoms with Crippen LogP contribution in [0.4, 0.5) is 5.82 Å². The van der Waals surface area contributed by atoms with E-state index in [0.29, 0.717) is 12.3 Å². The molecule has 2 aliphatic rings. The van der Waals surface area contributed by atoms with E-state index in [4.69, 9.17) is 0 Å². The van der Waals surface area contributed by atoms with Crippen LogP contribution in [-0.4, -0.2) is 48.2 Å². The number of rotatable bonds is 4. The summed E-state index contributed by atoms with van der Waals surface area (Å²) in [5, 5.41) is 0.972. The summed E-state index contributed by atoms with van der Waals surface area (Å²) < 4.78 is 0. The second kappa shape index (κ2) is 6.14. The Bertz CT molecular complexity index is 490. The minimum atomic E-state index is 0.218. The lowest BCUT2D eigenvalue weighted by atomic mass is 9.95. The third-order valence-electron chi connectivity index (χ3n) is 4.17. The van der Waals surface area contributed by atoms with Gasteiger partial charge < -0.3 is 4.90 Å². The maximum atomic E-state index is 12.2. The van der Waals surface area contributed by atoms with Gasteiger partial charge in [-0.15, -0.1) is 11.8 Å². The van der Waals surface area contributed by atoms with Crippen molar-refractivity contribution < 1.29 is 4.79 Å². The minimum absolute atomic E-state index is 0.218. The summed E-state index contributed by atoms with van der Waals surface area (Å²) in [6, 6.07) is 5.92. The van der Waals surface area contributed by atoms with Crippen LogP contribution in [0.25, 0.3) is 0 Å². The molecule has 5 heteroatoms. The highest BCUT2D eigenvalue weighted by Gasteiger charge is 2.29. The van der Waals surface area contributed by atoms with Gasteiger partial charge in [-0.25, -0.2) is 4.98 Å². The number of carbonyl (C=O) groups is 1. The highest BCUT2D eigenvalue weighted by atomic mass is 32.2. The number of piperidine rings is 1. The average Bonchev–Trinajstić information content (AvgIpc) is 2.44. The summed E-state index contributed by atoms with van der Waals surface area (Å²) >= 11 is 1.62. The van der Waals surface area contributed by atoms with Crippen LogP contribution in [0.3, 0.4) is 0 Å². The van der Waals surface area contributed by atoms with Gasteiger partial charge in [0.15, 0.2) is 0 Å². The van der Waals surface area contributed by atoms with Crippen LogP contribution in [0.2, 0.25) is 0 Å². The molecular weight excluding hydrogens is 270 g/mol. The molecule has 2 aliphatic heterocycles. The number of likely N-dealkylation sites (tertiary alicyclic amines) is 1. The normalized spacial score (nSPS) is 23.8. The molecule has 20 heavy (non-hydrogen) atoms. The van der Waals surface area contributed by atoms with Crippen molar-refractivity contribution >= 4 is 23.5 Å². The maximum absolute atomic E-state index is 12.2. The Hall–Kier alpha value is -1.07. The molecule has 0 spiro atoms. The SMILES string of the molecule is CSc1cccc(N2C[C@@H](CN3CCC3)CCC2=O)n1. The molecule has 1 aromatic rings. The van der Waals surface area contributed by atoms with E-state index in [1.54, 1.807) is 11.8 Å². The second-order valence-electron chi connectivity index (χ2n) is 5.60. The lowest BCUT2D eigenvalue weighted by Gasteiger charge is -2.38. The molecule has 0 radical (unpaired) electrons. The molecular formula is C15H21N3OS. The van der Waals surface area contributed by atoms with E-state index in [0.717, 1.165) is 30.4 Å². The summed E-state index contributed by atoms with van der Waals surface area (Å²) in [4.78, 5) is 21.1. The van der Waals surface area contributed by atoms with Crippen molar-refractivity contribution in [1.82, 2.24) is 9.88 Å². The number of hydrogen-bond donors (Lipinski definition) is 0. The molecule has 2 fully saturated rings. The van der Waals surface area contributed by atoms with E-state index in [-0.39, 0.29) is 5.91 Å².